The van der Waals surface area contributed by atoms with Crippen molar-refractivity contribution in [1.29, 1.82) is 0 Å². The standard InChI is InChI=1S/C14H19N3O2S/c1-8(14(18)19)5-4-6-15-12-11-9(2)10(3)20-13(11)17-7-16-12/h7-8H,4-6H2,1-3H3,(H,18,19)(H,15,16,17). The van der Waals surface area contributed by atoms with Crippen molar-refractivity contribution in [2.45, 2.75) is 33.6 Å². The maximum Gasteiger partial charge on any atom is 0.306 e. The molecule has 0 aliphatic heterocycles. The zero-order valence-corrected chi connectivity index (χ0v) is 12.8. The van der Waals surface area contributed by atoms with E-state index in [1.807, 2.05) is 0 Å². The Kier molecular flexibility index (Phi) is 4.54. The van der Waals surface area contributed by atoms with Gasteiger partial charge in [-0.3, -0.25) is 4.79 Å². The van der Waals surface area contributed by atoms with Gasteiger partial charge >= 0.3 is 5.97 Å². The fraction of sp³-hybridized carbons (Fsp3) is 0.500. The molecule has 1 atom stereocenters. The van der Waals surface area contributed by atoms with Crippen molar-refractivity contribution >= 4 is 33.3 Å². The molecule has 2 N–H and O–H groups in total. The predicted octanol–water partition coefficient (Wildman–Crippen LogP) is 3.22. The molecule has 6 heteroatoms. The van der Waals surface area contributed by atoms with E-state index in [1.54, 1.807) is 24.6 Å². The van der Waals surface area contributed by atoms with Crippen LogP contribution in [0.25, 0.3) is 10.2 Å². The molecule has 0 aliphatic rings. The van der Waals surface area contributed by atoms with Gasteiger partial charge in [0.25, 0.3) is 0 Å². The lowest BCUT2D eigenvalue weighted by molar-refractivity contribution is -0.141. The summed E-state index contributed by atoms with van der Waals surface area (Å²) in [4.78, 5) is 21.6. The molecule has 0 aliphatic carbocycles. The van der Waals surface area contributed by atoms with Gasteiger partial charge in [-0.25, -0.2) is 9.97 Å². The van der Waals surface area contributed by atoms with Crippen LogP contribution >= 0.6 is 11.3 Å². The lowest BCUT2D eigenvalue weighted by Crippen LogP contribution is -2.12. The second kappa shape index (κ2) is 6.17. The van der Waals surface area contributed by atoms with Crippen LogP contribution < -0.4 is 5.32 Å². The second-order valence-electron chi connectivity index (χ2n) is 4.99. The first kappa shape index (κ1) is 14.7. The van der Waals surface area contributed by atoms with Gasteiger partial charge in [-0.05, 0) is 32.3 Å². The van der Waals surface area contributed by atoms with Crippen LogP contribution in [0, 0.1) is 19.8 Å². The zero-order chi connectivity index (χ0) is 14.7. The number of aromatic nitrogens is 2. The smallest absolute Gasteiger partial charge is 0.306 e. The molecular weight excluding hydrogens is 274 g/mol. The number of anilines is 1. The molecule has 2 aromatic rings. The van der Waals surface area contributed by atoms with Crippen molar-refractivity contribution in [3.05, 3.63) is 16.8 Å². The Bertz CT molecular complexity index is 624. The van der Waals surface area contributed by atoms with E-state index >= 15 is 0 Å². The first-order chi connectivity index (χ1) is 9.50. The summed E-state index contributed by atoms with van der Waals surface area (Å²) in [5.74, 6) is -0.189. The van der Waals surface area contributed by atoms with Gasteiger partial charge in [0.2, 0.25) is 0 Å². The number of fused-ring (bicyclic) bond motifs is 1. The summed E-state index contributed by atoms with van der Waals surface area (Å²) in [6.45, 7) is 6.62. The van der Waals surface area contributed by atoms with Gasteiger partial charge in [-0.1, -0.05) is 6.92 Å². The molecule has 2 heterocycles. The summed E-state index contributed by atoms with van der Waals surface area (Å²) in [5, 5.41) is 13.2. The Morgan fingerprint density at radius 1 is 1.45 bits per heavy atom. The van der Waals surface area contributed by atoms with E-state index in [2.05, 4.69) is 29.1 Å². The van der Waals surface area contributed by atoms with E-state index in [4.69, 9.17) is 5.11 Å². The van der Waals surface area contributed by atoms with E-state index in [9.17, 15) is 4.79 Å². The normalized spacial score (nSPS) is 12.6. The van der Waals surface area contributed by atoms with E-state index < -0.39 is 5.97 Å². The van der Waals surface area contributed by atoms with Crippen LogP contribution in [0.15, 0.2) is 6.33 Å². The van der Waals surface area contributed by atoms with Crippen LogP contribution in [0.3, 0.4) is 0 Å². The Morgan fingerprint density at radius 3 is 2.90 bits per heavy atom. The molecule has 2 aromatic heterocycles. The maximum absolute atomic E-state index is 10.7. The zero-order valence-electron chi connectivity index (χ0n) is 11.9. The van der Waals surface area contributed by atoms with Crippen molar-refractivity contribution < 1.29 is 9.90 Å². The molecule has 1 unspecified atom stereocenters. The quantitative estimate of drug-likeness (QED) is 0.800. The molecular formula is C14H19N3O2S. The fourth-order valence-electron chi connectivity index (χ4n) is 2.05. The maximum atomic E-state index is 10.7. The molecule has 0 saturated heterocycles. The van der Waals surface area contributed by atoms with Gasteiger partial charge in [0.05, 0.1) is 11.3 Å². The van der Waals surface area contributed by atoms with Crippen LogP contribution in [0.4, 0.5) is 5.82 Å². The average Bonchev–Trinajstić information content (AvgIpc) is 2.70. The first-order valence-corrected chi connectivity index (χ1v) is 7.49. The minimum absolute atomic E-state index is 0.299. The van der Waals surface area contributed by atoms with Crippen molar-refractivity contribution in [3.8, 4) is 0 Å². The van der Waals surface area contributed by atoms with E-state index in [0.29, 0.717) is 6.42 Å². The fourth-order valence-corrected chi connectivity index (χ4v) is 3.05. The number of carboxylic acid groups (broad SMARTS) is 1. The molecule has 0 amide bonds. The van der Waals surface area contributed by atoms with Crippen molar-refractivity contribution in [2.24, 2.45) is 5.92 Å². The molecule has 2 rings (SSSR count). The van der Waals surface area contributed by atoms with Crippen LogP contribution in [0.5, 0.6) is 0 Å². The largest absolute Gasteiger partial charge is 0.481 e. The summed E-state index contributed by atoms with van der Waals surface area (Å²) in [5.41, 5.74) is 1.21. The number of carboxylic acids is 1. The van der Waals surface area contributed by atoms with Crippen LogP contribution in [0.1, 0.15) is 30.2 Å². The Balaban J connectivity index is 2.02. The topological polar surface area (TPSA) is 75.1 Å². The highest BCUT2D eigenvalue weighted by molar-refractivity contribution is 7.18. The average molecular weight is 293 g/mol. The van der Waals surface area contributed by atoms with E-state index in [-0.39, 0.29) is 5.92 Å². The van der Waals surface area contributed by atoms with Crippen molar-refractivity contribution in [3.63, 3.8) is 0 Å². The highest BCUT2D eigenvalue weighted by atomic mass is 32.1. The van der Waals surface area contributed by atoms with Crippen LogP contribution in [0.2, 0.25) is 0 Å². The summed E-state index contributed by atoms with van der Waals surface area (Å²) in [7, 11) is 0. The van der Waals surface area contributed by atoms with Gasteiger partial charge in [-0.15, -0.1) is 11.3 Å². The second-order valence-corrected chi connectivity index (χ2v) is 6.20. The molecule has 5 nitrogen and oxygen atoms in total. The third-order valence-electron chi connectivity index (χ3n) is 3.49. The van der Waals surface area contributed by atoms with Gasteiger partial charge in [0.1, 0.15) is 17.0 Å². The van der Waals surface area contributed by atoms with Gasteiger partial charge < -0.3 is 10.4 Å². The van der Waals surface area contributed by atoms with Gasteiger partial charge in [0.15, 0.2) is 0 Å². The monoisotopic (exact) mass is 293 g/mol. The summed E-state index contributed by atoms with van der Waals surface area (Å²) in [6.07, 6.45) is 3.04. The number of hydrogen-bond donors (Lipinski definition) is 2. The van der Waals surface area contributed by atoms with Crippen molar-refractivity contribution in [2.75, 3.05) is 11.9 Å². The Hall–Kier alpha value is -1.69. The minimum atomic E-state index is -0.737. The summed E-state index contributed by atoms with van der Waals surface area (Å²) < 4.78 is 0. The third-order valence-corrected chi connectivity index (χ3v) is 4.61. The molecule has 0 fully saturated rings. The molecule has 0 spiro atoms. The molecule has 108 valence electrons. The van der Waals surface area contributed by atoms with Gasteiger partial charge in [0, 0.05) is 11.4 Å². The number of aliphatic carboxylic acids is 1. The number of carbonyl (C=O) groups is 1. The number of nitrogens with one attached hydrogen (secondary N) is 1. The third kappa shape index (κ3) is 3.07. The lowest BCUT2D eigenvalue weighted by atomic mass is 10.1. The first-order valence-electron chi connectivity index (χ1n) is 6.68. The van der Waals surface area contributed by atoms with Gasteiger partial charge in [-0.2, -0.15) is 0 Å². The predicted molar refractivity (Wildman–Crippen MR) is 81.4 cm³/mol. The lowest BCUT2D eigenvalue weighted by Gasteiger charge is -2.09. The van der Waals surface area contributed by atoms with E-state index in [0.717, 1.165) is 29.0 Å². The number of rotatable bonds is 6. The molecule has 20 heavy (non-hydrogen) atoms. The SMILES string of the molecule is Cc1sc2ncnc(NCCCC(C)C(=O)O)c2c1C. The summed E-state index contributed by atoms with van der Waals surface area (Å²) >= 11 is 1.67. The highest BCUT2D eigenvalue weighted by Gasteiger charge is 2.12. The molecule has 0 aromatic carbocycles. The Labute approximate surface area is 122 Å². The number of aryl methyl sites for hydroxylation is 2. The summed E-state index contributed by atoms with van der Waals surface area (Å²) in [6, 6.07) is 0. The van der Waals surface area contributed by atoms with Crippen LogP contribution in [-0.4, -0.2) is 27.6 Å². The highest BCUT2D eigenvalue weighted by Crippen LogP contribution is 2.32. The van der Waals surface area contributed by atoms with Crippen molar-refractivity contribution in [1.82, 2.24) is 9.97 Å². The molecule has 0 radical (unpaired) electrons. The van der Waals surface area contributed by atoms with E-state index in [1.165, 1.54) is 10.4 Å². The number of nitrogens with zero attached hydrogens (tertiary/aromatic N) is 2. The number of thiophene rings is 1. The molecule has 0 saturated carbocycles. The minimum Gasteiger partial charge on any atom is -0.481 e. The number of hydrogen-bond acceptors (Lipinski definition) is 5. The Morgan fingerprint density at radius 2 is 2.20 bits per heavy atom. The van der Waals surface area contributed by atoms with Crippen LogP contribution in [-0.2, 0) is 4.79 Å². The molecule has 0 bridgehead atoms.